The number of allylic oxidation sites excluding steroid dienone is 1. The second-order valence-corrected chi connectivity index (χ2v) is 9.22. The molecule has 1 amide bonds. The summed E-state index contributed by atoms with van der Waals surface area (Å²) < 4.78 is 0. The number of carbonyl (C=O) groups is 2. The molecule has 1 N–H and O–H groups in total. The molecule has 0 aliphatic rings. The van der Waals surface area contributed by atoms with E-state index in [4.69, 9.17) is 5.11 Å². The number of aromatic carboxylic acids is 1. The number of amidine groups is 1. The van der Waals surface area contributed by atoms with Crippen molar-refractivity contribution in [2.45, 2.75) is 13.8 Å². The fourth-order valence-corrected chi connectivity index (χ4v) is 4.66. The molecule has 158 valence electrons. The number of carboxylic acids is 1. The fraction of sp³-hybridized carbons (Fsp3) is 0.125. The average Bonchev–Trinajstić information content (AvgIpc) is 3.21. The summed E-state index contributed by atoms with van der Waals surface area (Å²) in [5.74, 6) is -0.991. The molecule has 5 nitrogen and oxygen atoms in total. The monoisotopic (exact) mass is 450 g/mol. The lowest BCUT2D eigenvalue weighted by Gasteiger charge is -2.13. The van der Waals surface area contributed by atoms with Gasteiger partial charge in [-0.3, -0.25) is 9.69 Å². The molecule has 0 fully saturated rings. The van der Waals surface area contributed by atoms with Crippen molar-refractivity contribution in [2.75, 3.05) is 7.05 Å². The van der Waals surface area contributed by atoms with E-state index in [1.54, 1.807) is 30.5 Å². The third-order valence-corrected chi connectivity index (χ3v) is 6.41. The summed E-state index contributed by atoms with van der Waals surface area (Å²) in [4.78, 5) is 31.6. The minimum Gasteiger partial charge on any atom is -0.478 e. The van der Waals surface area contributed by atoms with Gasteiger partial charge in [-0.15, -0.1) is 11.3 Å². The van der Waals surface area contributed by atoms with E-state index in [1.807, 2.05) is 6.92 Å². The SMILES string of the molecule is C/C(=C/c1ccc(-c2cccc(C)c2)s1)SC(=Nc1ccc(C(=O)O)cc1)N(C)C=O. The third-order valence-electron chi connectivity index (χ3n) is 4.33. The first kappa shape index (κ1) is 22.5. The van der Waals surface area contributed by atoms with Crippen LogP contribution >= 0.6 is 23.1 Å². The van der Waals surface area contributed by atoms with Crippen molar-refractivity contribution in [3.8, 4) is 10.4 Å². The Morgan fingerprint density at radius 1 is 1.13 bits per heavy atom. The number of carbonyl (C=O) groups excluding carboxylic acids is 1. The average molecular weight is 451 g/mol. The molecule has 0 atom stereocenters. The Kier molecular flexibility index (Phi) is 7.44. The molecule has 3 aromatic rings. The van der Waals surface area contributed by atoms with E-state index in [9.17, 15) is 9.59 Å². The third kappa shape index (κ3) is 6.16. The summed E-state index contributed by atoms with van der Waals surface area (Å²) in [5.41, 5.74) is 3.19. The largest absolute Gasteiger partial charge is 0.478 e. The van der Waals surface area contributed by atoms with Crippen LogP contribution < -0.4 is 0 Å². The van der Waals surface area contributed by atoms with Crippen molar-refractivity contribution in [1.29, 1.82) is 0 Å². The van der Waals surface area contributed by atoms with Crippen LogP contribution in [0.2, 0.25) is 0 Å². The number of benzene rings is 2. The molecule has 3 rings (SSSR count). The molecule has 1 heterocycles. The summed E-state index contributed by atoms with van der Waals surface area (Å²) in [5, 5.41) is 9.53. The highest BCUT2D eigenvalue weighted by atomic mass is 32.2. The van der Waals surface area contributed by atoms with E-state index < -0.39 is 5.97 Å². The van der Waals surface area contributed by atoms with Gasteiger partial charge >= 0.3 is 5.97 Å². The number of aryl methyl sites for hydroxylation is 1. The molecule has 0 bridgehead atoms. The molecule has 0 aliphatic carbocycles. The highest BCUT2D eigenvalue weighted by Gasteiger charge is 2.10. The number of carboxylic acid groups (broad SMARTS) is 1. The highest BCUT2D eigenvalue weighted by Crippen LogP contribution is 2.32. The Morgan fingerprint density at radius 3 is 2.52 bits per heavy atom. The zero-order chi connectivity index (χ0) is 22.4. The lowest BCUT2D eigenvalue weighted by molar-refractivity contribution is -0.113. The van der Waals surface area contributed by atoms with E-state index in [-0.39, 0.29) is 5.56 Å². The van der Waals surface area contributed by atoms with Gasteiger partial charge in [-0.05, 0) is 66.8 Å². The predicted octanol–water partition coefficient (Wildman–Crippen LogP) is 6.29. The molecule has 2 aromatic carbocycles. The van der Waals surface area contributed by atoms with Gasteiger partial charge in [-0.2, -0.15) is 0 Å². The summed E-state index contributed by atoms with van der Waals surface area (Å²) in [7, 11) is 1.64. The molecular weight excluding hydrogens is 428 g/mol. The van der Waals surface area contributed by atoms with Crippen LogP contribution in [0.3, 0.4) is 0 Å². The Bertz CT molecular complexity index is 1150. The normalized spacial score (nSPS) is 12.0. The van der Waals surface area contributed by atoms with Crippen molar-refractivity contribution in [1.82, 2.24) is 4.90 Å². The maximum Gasteiger partial charge on any atom is 0.335 e. The molecule has 1 aromatic heterocycles. The molecule has 0 saturated carbocycles. The van der Waals surface area contributed by atoms with Crippen LogP contribution in [0.5, 0.6) is 0 Å². The second kappa shape index (κ2) is 10.2. The van der Waals surface area contributed by atoms with Crippen molar-refractivity contribution in [3.05, 3.63) is 81.6 Å². The Hall–Kier alpha value is -3.16. The zero-order valence-electron chi connectivity index (χ0n) is 17.4. The Morgan fingerprint density at radius 2 is 1.87 bits per heavy atom. The maximum atomic E-state index is 11.3. The Balaban J connectivity index is 1.80. The first-order valence-corrected chi connectivity index (χ1v) is 11.1. The molecule has 0 aliphatic heterocycles. The van der Waals surface area contributed by atoms with Gasteiger partial charge in [0, 0.05) is 16.8 Å². The van der Waals surface area contributed by atoms with Crippen molar-refractivity contribution < 1.29 is 14.7 Å². The molecule has 0 unspecified atom stereocenters. The lowest BCUT2D eigenvalue weighted by Crippen LogP contribution is -2.21. The van der Waals surface area contributed by atoms with Crippen molar-refractivity contribution in [3.63, 3.8) is 0 Å². The molecule has 0 spiro atoms. The van der Waals surface area contributed by atoms with E-state index in [1.165, 1.54) is 44.8 Å². The van der Waals surface area contributed by atoms with E-state index in [0.29, 0.717) is 17.3 Å². The molecule has 31 heavy (non-hydrogen) atoms. The molecular formula is C24H22N2O3S2. The molecule has 7 heteroatoms. The van der Waals surface area contributed by atoms with Crippen LogP contribution in [0, 0.1) is 6.92 Å². The van der Waals surface area contributed by atoms with Crippen molar-refractivity contribution in [2.24, 2.45) is 4.99 Å². The van der Waals surface area contributed by atoms with Crippen LogP contribution in [0.15, 0.2) is 70.6 Å². The number of hydrogen-bond donors (Lipinski definition) is 1. The first-order valence-electron chi connectivity index (χ1n) is 9.49. The van der Waals surface area contributed by atoms with Gasteiger partial charge in [0.1, 0.15) is 0 Å². The smallest absolute Gasteiger partial charge is 0.335 e. The number of hydrogen-bond acceptors (Lipinski definition) is 5. The van der Waals surface area contributed by atoms with Gasteiger partial charge in [0.05, 0.1) is 11.3 Å². The van der Waals surface area contributed by atoms with Crippen LogP contribution in [0.25, 0.3) is 16.5 Å². The van der Waals surface area contributed by atoms with Crippen LogP contribution in [0.1, 0.15) is 27.7 Å². The molecule has 0 radical (unpaired) electrons. The minimum absolute atomic E-state index is 0.190. The number of aliphatic imine (C=N–C) groups is 1. The van der Waals surface area contributed by atoms with Crippen LogP contribution in [-0.4, -0.2) is 34.6 Å². The summed E-state index contributed by atoms with van der Waals surface area (Å²) >= 11 is 3.09. The van der Waals surface area contributed by atoms with Crippen LogP contribution in [-0.2, 0) is 4.79 Å². The van der Waals surface area contributed by atoms with Gasteiger partial charge in [-0.1, -0.05) is 41.6 Å². The molecule has 0 saturated heterocycles. The number of thioether (sulfide) groups is 1. The van der Waals surface area contributed by atoms with Gasteiger partial charge < -0.3 is 5.11 Å². The number of nitrogens with zero attached hydrogens (tertiary/aromatic N) is 2. The zero-order valence-corrected chi connectivity index (χ0v) is 19.0. The topological polar surface area (TPSA) is 70.0 Å². The number of amides is 1. The first-order chi connectivity index (χ1) is 14.9. The minimum atomic E-state index is -0.991. The number of thiophene rings is 1. The van der Waals surface area contributed by atoms with E-state index >= 15 is 0 Å². The second-order valence-electron chi connectivity index (χ2n) is 6.89. The van der Waals surface area contributed by atoms with E-state index in [2.05, 4.69) is 54.4 Å². The predicted molar refractivity (Wildman–Crippen MR) is 130 cm³/mol. The number of rotatable bonds is 6. The fourth-order valence-electron chi connectivity index (χ4n) is 2.77. The standard InChI is InChI=1S/C24H22N2O3S2/c1-16-5-4-6-19(13-16)22-12-11-21(31-22)14-17(2)30-24(26(3)15-27)25-20-9-7-18(8-10-20)23(28)29/h4-15H,1-3H3,(H,28,29)/b17-14-,25-24?. The maximum absolute atomic E-state index is 11.3. The summed E-state index contributed by atoms with van der Waals surface area (Å²) in [6, 6.07) is 18.8. The summed E-state index contributed by atoms with van der Waals surface area (Å²) in [6.45, 7) is 4.05. The van der Waals surface area contributed by atoms with Gasteiger partial charge in [-0.25, -0.2) is 9.79 Å². The van der Waals surface area contributed by atoms with E-state index in [0.717, 1.165) is 9.78 Å². The quantitative estimate of drug-likeness (QED) is 0.272. The van der Waals surface area contributed by atoms with Gasteiger partial charge in [0.2, 0.25) is 6.41 Å². The summed E-state index contributed by atoms with van der Waals surface area (Å²) in [6.07, 6.45) is 2.77. The highest BCUT2D eigenvalue weighted by molar-refractivity contribution is 8.17. The van der Waals surface area contributed by atoms with Gasteiger partial charge in [0.25, 0.3) is 0 Å². The lowest BCUT2D eigenvalue weighted by atomic mass is 10.1. The Labute approximate surface area is 189 Å². The van der Waals surface area contributed by atoms with Crippen molar-refractivity contribution >= 4 is 52.4 Å². The van der Waals surface area contributed by atoms with Gasteiger partial charge in [0.15, 0.2) is 5.17 Å². The van der Waals surface area contributed by atoms with Crippen LogP contribution in [0.4, 0.5) is 5.69 Å².